The zero-order valence-electron chi connectivity index (χ0n) is 7.45. The summed E-state index contributed by atoms with van der Waals surface area (Å²) in [6, 6.07) is 8.05. The second-order valence-electron chi connectivity index (χ2n) is 2.86. The molecule has 0 saturated heterocycles. The van der Waals surface area contributed by atoms with E-state index in [1.165, 1.54) is 5.56 Å². The second kappa shape index (κ2) is 4.46. The Kier molecular flexibility index (Phi) is 3.54. The van der Waals surface area contributed by atoms with E-state index in [1.807, 2.05) is 18.2 Å². The van der Waals surface area contributed by atoms with Crippen LogP contribution < -0.4 is 4.65 Å². The van der Waals surface area contributed by atoms with E-state index in [-0.39, 0.29) is 0 Å². The van der Waals surface area contributed by atoms with E-state index >= 15 is 0 Å². The lowest BCUT2D eigenvalue weighted by Gasteiger charge is -2.09. The number of thiol groups is 1. The molecule has 1 aromatic carbocycles. The Bertz CT molecular complexity index is 250. The average molecular weight is 180 g/mol. The zero-order chi connectivity index (χ0) is 8.97. The van der Waals surface area contributed by atoms with Crippen molar-refractivity contribution in [1.82, 2.24) is 0 Å². The molecule has 3 heteroatoms. The molecule has 0 aliphatic rings. The van der Waals surface area contributed by atoms with Crippen LogP contribution in [0.5, 0.6) is 5.75 Å². The van der Waals surface area contributed by atoms with Gasteiger partial charge in [-0.1, -0.05) is 25.1 Å². The molecule has 1 atom stereocenters. The molecule has 0 bridgehead atoms. The van der Waals surface area contributed by atoms with Gasteiger partial charge >= 0.3 is 8.05 Å². The van der Waals surface area contributed by atoms with E-state index in [4.69, 9.17) is 4.65 Å². The predicted molar refractivity (Wildman–Crippen MR) is 57.8 cm³/mol. The Balaban J connectivity index is 2.82. The smallest absolute Gasteiger partial charge is 0.322 e. The molecule has 0 heterocycles. The lowest BCUT2D eigenvalue weighted by Crippen LogP contribution is -2.00. The van der Waals surface area contributed by atoms with Gasteiger partial charge in [-0.05, 0) is 18.1 Å². The average Bonchev–Trinajstić information content (AvgIpc) is 2.04. The van der Waals surface area contributed by atoms with Gasteiger partial charge < -0.3 is 4.65 Å². The molecule has 1 aromatic rings. The minimum atomic E-state index is 0.376. The van der Waals surface area contributed by atoms with Crippen molar-refractivity contribution in [2.45, 2.75) is 18.6 Å². The molecule has 0 aliphatic heterocycles. The number of hydrogen-bond donors (Lipinski definition) is 1. The maximum Gasteiger partial charge on any atom is 0.322 e. The quantitative estimate of drug-likeness (QED) is 0.547. The van der Waals surface area contributed by atoms with E-state index in [0.717, 1.165) is 12.2 Å². The molecule has 0 unspecified atom stereocenters. The van der Waals surface area contributed by atoms with Crippen LogP contribution >= 0.6 is 12.6 Å². The van der Waals surface area contributed by atoms with Gasteiger partial charge in [0.15, 0.2) is 0 Å². The summed E-state index contributed by atoms with van der Waals surface area (Å²) in [7, 11) is 1.70. The van der Waals surface area contributed by atoms with Gasteiger partial charge in [-0.25, -0.2) is 0 Å². The van der Waals surface area contributed by atoms with Crippen molar-refractivity contribution in [2.75, 3.05) is 0 Å². The minimum absolute atomic E-state index is 0.376. The van der Waals surface area contributed by atoms with Crippen LogP contribution in [0.1, 0.15) is 12.5 Å². The minimum Gasteiger partial charge on any atom is -0.568 e. The van der Waals surface area contributed by atoms with Gasteiger partial charge in [0.25, 0.3) is 0 Å². The summed E-state index contributed by atoms with van der Waals surface area (Å²) >= 11 is 4.34. The molecule has 1 nitrogen and oxygen atoms in total. The molecule has 0 fully saturated rings. The van der Waals surface area contributed by atoms with E-state index in [9.17, 15) is 0 Å². The Labute approximate surface area is 80.0 Å². The van der Waals surface area contributed by atoms with Crippen molar-refractivity contribution in [1.29, 1.82) is 0 Å². The van der Waals surface area contributed by atoms with Crippen molar-refractivity contribution in [2.24, 2.45) is 0 Å². The van der Waals surface area contributed by atoms with Crippen LogP contribution in [0, 0.1) is 0 Å². The number of hydrogen-bond acceptors (Lipinski definition) is 2. The molecule has 0 amide bonds. The van der Waals surface area contributed by atoms with Crippen LogP contribution in [0.25, 0.3) is 0 Å². The van der Waals surface area contributed by atoms with Crippen molar-refractivity contribution in [3.8, 4) is 5.75 Å². The molecule has 0 saturated carbocycles. The summed E-state index contributed by atoms with van der Waals surface area (Å²) in [5.74, 6) is 0.957. The fourth-order valence-electron chi connectivity index (χ4n) is 1.19. The van der Waals surface area contributed by atoms with Gasteiger partial charge in [-0.15, -0.1) is 0 Å². The molecule has 0 spiro atoms. The standard InChI is InChI=1S/C9H13BOS/c1-7(12)6-8-4-2-3-5-9(8)11-10/h2-5,7,12H,6,10H2,1H3/t7-/m0/s1. The fourth-order valence-corrected chi connectivity index (χ4v) is 1.39. The van der Waals surface area contributed by atoms with Crippen molar-refractivity contribution < 1.29 is 4.65 Å². The van der Waals surface area contributed by atoms with Gasteiger partial charge in [0.1, 0.15) is 5.75 Å². The second-order valence-corrected chi connectivity index (χ2v) is 3.75. The van der Waals surface area contributed by atoms with Gasteiger partial charge in [0, 0.05) is 5.25 Å². The fraction of sp³-hybridized carbons (Fsp3) is 0.333. The Morgan fingerprint density at radius 2 is 2.17 bits per heavy atom. The van der Waals surface area contributed by atoms with Crippen LogP contribution in [-0.2, 0) is 6.42 Å². The van der Waals surface area contributed by atoms with Crippen molar-refractivity contribution in [3.63, 3.8) is 0 Å². The Morgan fingerprint density at radius 3 is 2.75 bits per heavy atom. The maximum atomic E-state index is 5.21. The SMILES string of the molecule is BOc1ccccc1C[C@H](C)S. The first kappa shape index (κ1) is 9.52. The molecule has 12 heavy (non-hydrogen) atoms. The highest BCUT2D eigenvalue weighted by Crippen LogP contribution is 2.19. The molecular formula is C9H13BOS. The summed E-state index contributed by atoms with van der Waals surface area (Å²) < 4.78 is 5.21. The molecule has 0 aliphatic carbocycles. The first-order chi connectivity index (χ1) is 5.74. The van der Waals surface area contributed by atoms with E-state index < -0.39 is 0 Å². The van der Waals surface area contributed by atoms with Gasteiger partial charge in [0.05, 0.1) is 0 Å². The van der Waals surface area contributed by atoms with Crippen LogP contribution in [0.3, 0.4) is 0 Å². The molecular weight excluding hydrogens is 167 g/mol. The van der Waals surface area contributed by atoms with E-state index in [1.54, 1.807) is 8.05 Å². The third-order valence-electron chi connectivity index (χ3n) is 1.71. The molecule has 0 N–H and O–H groups in total. The number of benzene rings is 1. The van der Waals surface area contributed by atoms with Gasteiger partial charge in [-0.2, -0.15) is 12.6 Å². The molecule has 1 rings (SSSR count). The predicted octanol–water partition coefficient (Wildman–Crippen LogP) is 1.47. The summed E-state index contributed by atoms with van der Waals surface area (Å²) in [6.45, 7) is 2.08. The lowest BCUT2D eigenvalue weighted by atomic mass is 10.1. The maximum absolute atomic E-state index is 5.21. The van der Waals surface area contributed by atoms with Crippen LogP contribution in [0.4, 0.5) is 0 Å². The third-order valence-corrected chi connectivity index (χ3v) is 1.89. The summed E-state index contributed by atoms with van der Waals surface area (Å²) in [6.07, 6.45) is 0.952. The summed E-state index contributed by atoms with van der Waals surface area (Å²) in [5.41, 5.74) is 1.22. The first-order valence-corrected chi connectivity index (χ1v) is 4.55. The van der Waals surface area contributed by atoms with E-state index in [2.05, 4.69) is 25.6 Å². The number of rotatable bonds is 3. The van der Waals surface area contributed by atoms with Gasteiger partial charge in [0.2, 0.25) is 0 Å². The highest BCUT2D eigenvalue weighted by Gasteiger charge is 2.02. The van der Waals surface area contributed by atoms with Crippen LogP contribution in [0.2, 0.25) is 0 Å². The Hall–Kier alpha value is -0.565. The Morgan fingerprint density at radius 1 is 1.50 bits per heavy atom. The zero-order valence-corrected chi connectivity index (χ0v) is 8.34. The largest absolute Gasteiger partial charge is 0.568 e. The monoisotopic (exact) mass is 180 g/mol. The highest BCUT2D eigenvalue weighted by atomic mass is 32.1. The summed E-state index contributed by atoms with van der Waals surface area (Å²) in [5, 5.41) is 0.376. The molecule has 64 valence electrons. The number of para-hydroxylation sites is 1. The lowest BCUT2D eigenvalue weighted by molar-refractivity contribution is 0.604. The summed E-state index contributed by atoms with van der Waals surface area (Å²) in [4.78, 5) is 0. The first-order valence-electron chi connectivity index (χ1n) is 4.04. The van der Waals surface area contributed by atoms with Crippen LogP contribution in [0.15, 0.2) is 24.3 Å². The van der Waals surface area contributed by atoms with E-state index in [0.29, 0.717) is 5.25 Å². The molecule has 0 aromatic heterocycles. The van der Waals surface area contributed by atoms with Crippen LogP contribution in [-0.4, -0.2) is 13.3 Å². The normalized spacial score (nSPS) is 12.5. The highest BCUT2D eigenvalue weighted by molar-refractivity contribution is 7.80. The topological polar surface area (TPSA) is 9.23 Å². The molecule has 0 radical (unpaired) electrons. The van der Waals surface area contributed by atoms with Crippen molar-refractivity contribution in [3.05, 3.63) is 29.8 Å². The van der Waals surface area contributed by atoms with Gasteiger partial charge in [-0.3, -0.25) is 0 Å². The third kappa shape index (κ3) is 2.49. The van der Waals surface area contributed by atoms with Crippen molar-refractivity contribution >= 4 is 20.7 Å².